The van der Waals surface area contributed by atoms with Gasteiger partial charge in [-0.1, -0.05) is 6.92 Å². The van der Waals surface area contributed by atoms with E-state index in [4.69, 9.17) is 5.73 Å². The monoisotopic (exact) mass is 301 g/mol. The summed E-state index contributed by atoms with van der Waals surface area (Å²) in [6, 6.07) is 3.25. The lowest BCUT2D eigenvalue weighted by atomic mass is 10.1. The number of hydrogen-bond acceptors (Lipinski definition) is 4. The predicted octanol–water partition coefficient (Wildman–Crippen LogP) is 1.17. The maximum Gasteiger partial charge on any atom is 0.240 e. The molecule has 0 spiro atoms. The van der Waals surface area contributed by atoms with E-state index in [-0.39, 0.29) is 16.6 Å². The lowest BCUT2D eigenvalue weighted by Gasteiger charge is -2.31. The van der Waals surface area contributed by atoms with Gasteiger partial charge in [-0.2, -0.15) is 0 Å². The number of anilines is 1. The Morgan fingerprint density at radius 3 is 2.55 bits per heavy atom. The molecule has 3 N–H and O–H groups in total. The largest absolute Gasteiger partial charge is 0.399 e. The van der Waals surface area contributed by atoms with Gasteiger partial charge >= 0.3 is 0 Å². The fraction of sp³-hybridized carbons (Fsp3) is 0.538. The van der Waals surface area contributed by atoms with Crippen molar-refractivity contribution in [3.63, 3.8) is 0 Å². The van der Waals surface area contributed by atoms with Crippen molar-refractivity contribution >= 4 is 15.7 Å². The molecule has 20 heavy (non-hydrogen) atoms. The van der Waals surface area contributed by atoms with E-state index in [0.717, 1.165) is 44.6 Å². The van der Waals surface area contributed by atoms with Crippen LogP contribution in [0.5, 0.6) is 0 Å². The van der Waals surface area contributed by atoms with Gasteiger partial charge in [-0.25, -0.2) is 17.5 Å². The summed E-state index contributed by atoms with van der Waals surface area (Å²) in [7, 11) is -3.72. The molecule has 7 heteroatoms. The molecule has 2 rings (SSSR count). The maximum atomic E-state index is 13.3. The van der Waals surface area contributed by atoms with Crippen LogP contribution in [0.4, 0.5) is 10.1 Å². The van der Waals surface area contributed by atoms with E-state index >= 15 is 0 Å². The molecule has 0 aromatic heterocycles. The average molecular weight is 301 g/mol. The second-order valence-corrected chi connectivity index (χ2v) is 6.76. The third-order valence-electron chi connectivity index (χ3n) is 3.56. The van der Waals surface area contributed by atoms with E-state index < -0.39 is 15.8 Å². The number of likely N-dealkylation sites (tertiary alicyclic amines) is 1. The van der Waals surface area contributed by atoms with Crippen LogP contribution >= 0.6 is 0 Å². The molecule has 0 atom stereocenters. The van der Waals surface area contributed by atoms with E-state index in [9.17, 15) is 12.8 Å². The molecule has 0 aliphatic carbocycles. The molecular weight excluding hydrogens is 281 g/mol. The Morgan fingerprint density at radius 2 is 2.00 bits per heavy atom. The van der Waals surface area contributed by atoms with Gasteiger partial charge in [0, 0.05) is 11.7 Å². The van der Waals surface area contributed by atoms with Crippen molar-refractivity contribution in [3.05, 3.63) is 24.0 Å². The number of nitrogens with zero attached hydrogens (tertiary/aromatic N) is 1. The van der Waals surface area contributed by atoms with Crippen molar-refractivity contribution < 1.29 is 12.8 Å². The Kier molecular flexibility index (Phi) is 4.62. The van der Waals surface area contributed by atoms with Crippen LogP contribution < -0.4 is 10.5 Å². The summed E-state index contributed by atoms with van der Waals surface area (Å²) in [5, 5.41) is 0. The first-order valence-electron chi connectivity index (χ1n) is 6.71. The summed E-state index contributed by atoms with van der Waals surface area (Å²) in [6.07, 6.45) is 1.52. The molecule has 0 bridgehead atoms. The third kappa shape index (κ3) is 3.68. The zero-order valence-electron chi connectivity index (χ0n) is 11.5. The first-order chi connectivity index (χ1) is 9.40. The Hall–Kier alpha value is -1.18. The molecule has 0 unspecified atom stereocenters. The molecule has 0 saturated carbocycles. The van der Waals surface area contributed by atoms with Crippen molar-refractivity contribution in [2.45, 2.75) is 30.7 Å². The Bertz CT molecular complexity index is 549. The maximum absolute atomic E-state index is 13.3. The number of nitrogen functional groups attached to an aromatic ring is 1. The molecule has 1 aromatic carbocycles. The van der Waals surface area contributed by atoms with Crippen LogP contribution in [0, 0.1) is 5.82 Å². The SMILES string of the molecule is CCN1CCC(NS(=O)(=O)c2cc(N)cc(F)c2)CC1. The minimum absolute atomic E-state index is 0.103. The smallest absolute Gasteiger partial charge is 0.240 e. The van der Waals surface area contributed by atoms with Crippen molar-refractivity contribution in [1.29, 1.82) is 0 Å². The minimum atomic E-state index is -3.72. The van der Waals surface area contributed by atoms with Gasteiger partial charge in [0.1, 0.15) is 5.82 Å². The fourth-order valence-corrected chi connectivity index (χ4v) is 3.76. The van der Waals surface area contributed by atoms with Crippen LogP contribution in [-0.4, -0.2) is 39.0 Å². The topological polar surface area (TPSA) is 75.4 Å². The number of benzene rings is 1. The van der Waals surface area contributed by atoms with E-state index in [1.807, 2.05) is 0 Å². The van der Waals surface area contributed by atoms with Gasteiger partial charge in [0.25, 0.3) is 0 Å². The molecule has 1 saturated heterocycles. The molecule has 5 nitrogen and oxygen atoms in total. The number of rotatable bonds is 4. The number of piperidine rings is 1. The summed E-state index contributed by atoms with van der Waals surface area (Å²) in [4.78, 5) is 2.15. The van der Waals surface area contributed by atoms with Crippen LogP contribution in [0.3, 0.4) is 0 Å². The van der Waals surface area contributed by atoms with Gasteiger partial charge in [0.05, 0.1) is 4.90 Å². The number of hydrogen-bond donors (Lipinski definition) is 2. The van der Waals surface area contributed by atoms with Gasteiger partial charge in [0.2, 0.25) is 10.0 Å². The Balaban J connectivity index is 2.08. The van der Waals surface area contributed by atoms with Gasteiger partial charge in [-0.15, -0.1) is 0 Å². The Labute approximate surface area is 119 Å². The van der Waals surface area contributed by atoms with Crippen molar-refractivity contribution in [1.82, 2.24) is 9.62 Å². The normalized spacial score (nSPS) is 18.3. The minimum Gasteiger partial charge on any atom is -0.399 e. The Morgan fingerprint density at radius 1 is 1.35 bits per heavy atom. The van der Waals surface area contributed by atoms with E-state index in [1.54, 1.807) is 0 Å². The third-order valence-corrected chi connectivity index (χ3v) is 5.06. The van der Waals surface area contributed by atoms with Crippen LogP contribution in [0.15, 0.2) is 23.1 Å². The summed E-state index contributed by atoms with van der Waals surface area (Å²) < 4.78 is 40.3. The first-order valence-corrected chi connectivity index (χ1v) is 8.20. The highest BCUT2D eigenvalue weighted by atomic mass is 32.2. The lowest BCUT2D eigenvalue weighted by Crippen LogP contribution is -2.44. The van der Waals surface area contributed by atoms with Gasteiger partial charge < -0.3 is 10.6 Å². The molecule has 0 amide bonds. The lowest BCUT2D eigenvalue weighted by molar-refractivity contribution is 0.217. The molecule has 1 aliphatic heterocycles. The van der Waals surface area contributed by atoms with Crippen molar-refractivity contribution in [2.24, 2.45) is 0 Å². The summed E-state index contributed by atoms with van der Waals surface area (Å²) >= 11 is 0. The number of sulfonamides is 1. The highest BCUT2D eigenvalue weighted by Gasteiger charge is 2.24. The summed E-state index contributed by atoms with van der Waals surface area (Å²) in [5.74, 6) is -0.647. The fourth-order valence-electron chi connectivity index (χ4n) is 2.39. The summed E-state index contributed by atoms with van der Waals surface area (Å²) in [6.45, 7) is 4.80. The second-order valence-electron chi connectivity index (χ2n) is 5.05. The zero-order valence-corrected chi connectivity index (χ0v) is 12.3. The number of nitrogens with one attached hydrogen (secondary N) is 1. The molecule has 1 heterocycles. The molecule has 112 valence electrons. The van der Waals surface area contributed by atoms with Crippen LogP contribution in [0.2, 0.25) is 0 Å². The molecule has 0 radical (unpaired) electrons. The molecule has 1 aromatic rings. The van der Waals surface area contributed by atoms with E-state index in [1.165, 1.54) is 6.07 Å². The molecule has 1 fully saturated rings. The van der Waals surface area contributed by atoms with Gasteiger partial charge in [0.15, 0.2) is 0 Å². The van der Waals surface area contributed by atoms with Crippen LogP contribution in [-0.2, 0) is 10.0 Å². The van der Waals surface area contributed by atoms with Crippen LogP contribution in [0.1, 0.15) is 19.8 Å². The average Bonchev–Trinajstić information content (AvgIpc) is 2.38. The second kappa shape index (κ2) is 6.07. The summed E-state index contributed by atoms with van der Waals surface area (Å²) in [5.41, 5.74) is 5.59. The quantitative estimate of drug-likeness (QED) is 0.819. The molecule has 1 aliphatic rings. The highest BCUT2D eigenvalue weighted by Crippen LogP contribution is 2.18. The predicted molar refractivity (Wildman–Crippen MR) is 76.3 cm³/mol. The van der Waals surface area contributed by atoms with Gasteiger partial charge in [-0.3, -0.25) is 0 Å². The van der Waals surface area contributed by atoms with E-state index in [0.29, 0.717) is 0 Å². The van der Waals surface area contributed by atoms with Crippen molar-refractivity contribution in [2.75, 3.05) is 25.4 Å². The molecular formula is C13H20FN3O2S. The first kappa shape index (κ1) is 15.2. The highest BCUT2D eigenvalue weighted by molar-refractivity contribution is 7.89. The van der Waals surface area contributed by atoms with Crippen LogP contribution in [0.25, 0.3) is 0 Å². The zero-order chi connectivity index (χ0) is 14.8. The number of halogens is 1. The number of nitrogens with two attached hydrogens (primary N) is 1. The van der Waals surface area contributed by atoms with E-state index in [2.05, 4.69) is 16.5 Å². The van der Waals surface area contributed by atoms with Gasteiger partial charge in [-0.05, 0) is 50.7 Å². The van der Waals surface area contributed by atoms with Crippen molar-refractivity contribution in [3.8, 4) is 0 Å². The standard InChI is InChI=1S/C13H20FN3O2S/c1-2-17-5-3-12(4-6-17)16-20(18,19)13-8-10(14)7-11(15)9-13/h7-9,12,16H,2-6,15H2,1H3.